The summed E-state index contributed by atoms with van der Waals surface area (Å²) in [6.45, 7) is 5.12. The Bertz CT molecular complexity index is 787. The highest BCUT2D eigenvalue weighted by Crippen LogP contribution is 2.33. The minimum atomic E-state index is 0.568. The number of anilines is 1. The minimum absolute atomic E-state index is 0.568. The number of hydrogen-bond acceptors (Lipinski definition) is 5. The number of fused-ring (bicyclic) bond motifs is 2. The maximum atomic E-state index is 5.76. The van der Waals surface area contributed by atoms with Gasteiger partial charge in [0.15, 0.2) is 5.82 Å². The van der Waals surface area contributed by atoms with Gasteiger partial charge in [-0.05, 0) is 48.9 Å². The summed E-state index contributed by atoms with van der Waals surface area (Å²) in [4.78, 5) is 2.36. The molecule has 1 atom stereocenters. The molecule has 5 heteroatoms. The van der Waals surface area contributed by atoms with E-state index in [1.165, 1.54) is 29.7 Å². The van der Waals surface area contributed by atoms with E-state index in [2.05, 4.69) is 50.7 Å². The van der Waals surface area contributed by atoms with Gasteiger partial charge in [0.05, 0.1) is 12.3 Å². The number of nitrogens with one attached hydrogen (secondary N) is 1. The van der Waals surface area contributed by atoms with Crippen molar-refractivity contribution in [2.75, 3.05) is 37.7 Å². The summed E-state index contributed by atoms with van der Waals surface area (Å²) >= 11 is 0. The first kappa shape index (κ1) is 16.1. The molecule has 1 aliphatic carbocycles. The van der Waals surface area contributed by atoms with E-state index < -0.39 is 0 Å². The van der Waals surface area contributed by atoms with Crippen molar-refractivity contribution < 1.29 is 4.74 Å². The quantitative estimate of drug-likeness (QED) is 0.898. The first-order valence-corrected chi connectivity index (χ1v) is 9.89. The maximum absolute atomic E-state index is 5.76. The van der Waals surface area contributed by atoms with Gasteiger partial charge in [0.1, 0.15) is 5.75 Å². The van der Waals surface area contributed by atoms with Gasteiger partial charge < -0.3 is 15.0 Å². The molecule has 26 heavy (non-hydrogen) atoms. The monoisotopic (exact) mass is 350 g/mol. The molecule has 0 bridgehead atoms. The van der Waals surface area contributed by atoms with Crippen molar-refractivity contribution in [2.24, 2.45) is 5.92 Å². The van der Waals surface area contributed by atoms with Gasteiger partial charge in [-0.2, -0.15) is 5.10 Å². The van der Waals surface area contributed by atoms with Gasteiger partial charge in [-0.3, -0.25) is 0 Å². The molecular weight excluding hydrogens is 324 g/mol. The average molecular weight is 350 g/mol. The van der Waals surface area contributed by atoms with Crippen LogP contribution in [0.15, 0.2) is 30.3 Å². The van der Waals surface area contributed by atoms with E-state index in [9.17, 15) is 0 Å². The average Bonchev–Trinajstić information content (AvgIpc) is 3.11. The zero-order valence-electron chi connectivity index (χ0n) is 15.2. The highest BCUT2D eigenvalue weighted by atomic mass is 16.5. The van der Waals surface area contributed by atoms with Gasteiger partial charge in [0.2, 0.25) is 0 Å². The van der Waals surface area contributed by atoms with Crippen LogP contribution in [-0.2, 0) is 12.8 Å². The predicted molar refractivity (Wildman–Crippen MR) is 102 cm³/mol. The van der Waals surface area contributed by atoms with Crippen molar-refractivity contribution in [2.45, 2.75) is 31.6 Å². The highest BCUT2D eigenvalue weighted by molar-refractivity contribution is 5.45. The van der Waals surface area contributed by atoms with Crippen molar-refractivity contribution >= 4 is 5.82 Å². The first-order chi connectivity index (χ1) is 12.9. The van der Waals surface area contributed by atoms with Gasteiger partial charge in [-0.15, -0.1) is 5.10 Å². The Morgan fingerprint density at radius 1 is 1.12 bits per heavy atom. The third kappa shape index (κ3) is 3.05. The van der Waals surface area contributed by atoms with Crippen LogP contribution in [0.4, 0.5) is 5.82 Å². The van der Waals surface area contributed by atoms with Crippen LogP contribution >= 0.6 is 0 Å². The minimum Gasteiger partial charge on any atom is -0.493 e. The van der Waals surface area contributed by atoms with Crippen molar-refractivity contribution in [1.29, 1.82) is 0 Å². The number of rotatable bonds is 5. The Kier molecular flexibility index (Phi) is 4.25. The number of aromatic nitrogens is 2. The summed E-state index contributed by atoms with van der Waals surface area (Å²) in [5.74, 6) is 3.41. The second-order valence-corrected chi connectivity index (χ2v) is 7.83. The fraction of sp³-hybridized carbons (Fsp3) is 0.524. The Morgan fingerprint density at radius 3 is 3.00 bits per heavy atom. The first-order valence-electron chi connectivity index (χ1n) is 9.89. The predicted octanol–water partition coefficient (Wildman–Crippen LogP) is 2.56. The molecule has 0 radical (unpaired) electrons. The van der Waals surface area contributed by atoms with E-state index in [0.717, 1.165) is 57.2 Å². The van der Waals surface area contributed by atoms with Crippen molar-refractivity contribution in [3.05, 3.63) is 47.2 Å². The van der Waals surface area contributed by atoms with E-state index in [4.69, 9.17) is 4.74 Å². The fourth-order valence-corrected chi connectivity index (χ4v) is 4.45. The number of nitrogens with zero attached hydrogens (tertiary/aromatic N) is 3. The van der Waals surface area contributed by atoms with Gasteiger partial charge in [0.25, 0.3) is 0 Å². The smallest absolute Gasteiger partial charge is 0.151 e. The molecule has 5 nitrogen and oxygen atoms in total. The largest absolute Gasteiger partial charge is 0.493 e. The molecule has 1 aromatic carbocycles. The molecule has 0 saturated carbocycles. The highest BCUT2D eigenvalue weighted by Gasteiger charge is 2.29. The van der Waals surface area contributed by atoms with E-state index in [0.29, 0.717) is 11.8 Å². The maximum Gasteiger partial charge on any atom is 0.151 e. The third-order valence-corrected chi connectivity index (χ3v) is 5.99. The molecule has 3 aliphatic rings. The summed E-state index contributed by atoms with van der Waals surface area (Å²) in [6, 6.07) is 10.7. The molecule has 1 saturated heterocycles. The van der Waals surface area contributed by atoms with Crippen LogP contribution in [0, 0.1) is 5.92 Å². The summed E-state index contributed by atoms with van der Waals surface area (Å²) in [7, 11) is 0. The van der Waals surface area contributed by atoms with E-state index in [-0.39, 0.29) is 0 Å². The summed E-state index contributed by atoms with van der Waals surface area (Å²) in [5.41, 5.74) is 3.98. The summed E-state index contributed by atoms with van der Waals surface area (Å²) < 4.78 is 5.76. The molecular formula is C21H26N4O. The van der Waals surface area contributed by atoms with Crippen LogP contribution in [0.1, 0.15) is 35.6 Å². The molecule has 0 spiro atoms. The molecule has 0 amide bonds. The SMILES string of the molecule is c1ccc2c(c1)OCCC2CNCC1CN(c2cc3c(nn2)CCC3)C1. The molecule has 2 aliphatic heterocycles. The van der Waals surface area contributed by atoms with Crippen LogP contribution in [0.25, 0.3) is 0 Å². The Hall–Kier alpha value is -2.14. The van der Waals surface area contributed by atoms with Crippen LogP contribution in [0.2, 0.25) is 0 Å². The van der Waals surface area contributed by atoms with Crippen LogP contribution < -0.4 is 15.0 Å². The lowest BCUT2D eigenvalue weighted by molar-refractivity contribution is 0.262. The molecule has 1 N–H and O–H groups in total. The number of benzene rings is 1. The van der Waals surface area contributed by atoms with E-state index in [1.54, 1.807) is 0 Å². The summed E-state index contributed by atoms with van der Waals surface area (Å²) in [5, 5.41) is 12.5. The topological polar surface area (TPSA) is 50.3 Å². The fourth-order valence-electron chi connectivity index (χ4n) is 4.45. The van der Waals surface area contributed by atoms with Crippen LogP contribution in [0.3, 0.4) is 0 Å². The number of ether oxygens (including phenoxy) is 1. The number of hydrogen-bond donors (Lipinski definition) is 1. The van der Waals surface area contributed by atoms with Gasteiger partial charge in [-0.1, -0.05) is 18.2 Å². The molecule has 5 rings (SSSR count). The van der Waals surface area contributed by atoms with Crippen molar-refractivity contribution in [3.63, 3.8) is 0 Å². The molecule has 1 fully saturated rings. The van der Waals surface area contributed by atoms with Crippen LogP contribution in [-0.4, -0.2) is 43.0 Å². The Balaban J connectivity index is 1.10. The Morgan fingerprint density at radius 2 is 2.04 bits per heavy atom. The Labute approximate surface area is 154 Å². The second kappa shape index (κ2) is 6.88. The van der Waals surface area contributed by atoms with E-state index in [1.807, 2.05) is 0 Å². The molecule has 1 aromatic heterocycles. The summed E-state index contributed by atoms with van der Waals surface area (Å²) in [6.07, 6.45) is 4.61. The molecule has 136 valence electrons. The standard InChI is InChI=1S/C21H26N4O/c1-2-7-20-18(5-1)17(8-9-26-20)12-22-11-15-13-25(14-15)21-10-16-4-3-6-19(16)23-24-21/h1-2,5,7,10,15,17,22H,3-4,6,8-9,11-14H2. The normalized spacial score (nSPS) is 21.7. The van der Waals surface area contributed by atoms with Crippen LogP contribution in [0.5, 0.6) is 5.75 Å². The zero-order chi connectivity index (χ0) is 17.3. The third-order valence-electron chi connectivity index (χ3n) is 5.99. The van der Waals surface area contributed by atoms with Crippen molar-refractivity contribution in [3.8, 4) is 5.75 Å². The second-order valence-electron chi connectivity index (χ2n) is 7.83. The molecule has 3 heterocycles. The molecule has 1 unspecified atom stereocenters. The lowest BCUT2D eigenvalue weighted by Gasteiger charge is -2.40. The molecule has 2 aromatic rings. The lowest BCUT2D eigenvalue weighted by atomic mass is 9.92. The van der Waals surface area contributed by atoms with Gasteiger partial charge in [-0.25, -0.2) is 0 Å². The van der Waals surface area contributed by atoms with E-state index >= 15 is 0 Å². The van der Waals surface area contributed by atoms with Gasteiger partial charge in [0, 0.05) is 38.0 Å². The van der Waals surface area contributed by atoms with Gasteiger partial charge >= 0.3 is 0 Å². The van der Waals surface area contributed by atoms with Crippen molar-refractivity contribution in [1.82, 2.24) is 15.5 Å². The lowest BCUT2D eigenvalue weighted by Crippen LogP contribution is -2.51. The number of aryl methyl sites for hydroxylation is 2. The number of para-hydroxylation sites is 1. The zero-order valence-corrected chi connectivity index (χ0v) is 15.2.